The molecule has 0 aromatic carbocycles. The maximum atomic E-state index is 11.2. The summed E-state index contributed by atoms with van der Waals surface area (Å²) in [7, 11) is 0. The molecule has 0 saturated carbocycles. The minimum absolute atomic E-state index is 0.188. The van der Waals surface area contributed by atoms with Gasteiger partial charge in [0.05, 0.1) is 6.42 Å². The average Bonchev–Trinajstić information content (AvgIpc) is 1.96. The minimum atomic E-state index is -0.543. The molecular formula is C7H11ClN2O2. The van der Waals surface area contributed by atoms with Crippen LogP contribution in [-0.2, 0) is 4.79 Å². The van der Waals surface area contributed by atoms with Gasteiger partial charge in [0, 0.05) is 6.54 Å². The number of carbonyl (C=O) groups is 2. The third kappa shape index (κ3) is 1.88. The van der Waals surface area contributed by atoms with E-state index in [1.807, 2.05) is 6.92 Å². The summed E-state index contributed by atoms with van der Waals surface area (Å²) in [5.74, 6) is -0.194. The monoisotopic (exact) mass is 190 g/mol. The molecule has 1 N–H and O–H groups in total. The van der Waals surface area contributed by atoms with Crippen molar-refractivity contribution in [2.45, 2.75) is 25.3 Å². The van der Waals surface area contributed by atoms with E-state index in [2.05, 4.69) is 5.32 Å². The number of carbonyl (C=O) groups excluding carboxylic acids is 2. The highest BCUT2D eigenvalue weighted by Crippen LogP contribution is 2.10. The molecular weight excluding hydrogens is 180 g/mol. The second kappa shape index (κ2) is 3.76. The third-order valence-corrected chi connectivity index (χ3v) is 1.89. The van der Waals surface area contributed by atoms with E-state index in [-0.39, 0.29) is 18.4 Å². The summed E-state index contributed by atoms with van der Waals surface area (Å²) in [6.45, 7) is 2.38. The van der Waals surface area contributed by atoms with Crippen LogP contribution in [0.15, 0.2) is 0 Å². The molecule has 68 valence electrons. The summed E-state index contributed by atoms with van der Waals surface area (Å²) in [5, 5.41) is 2.48. The zero-order chi connectivity index (χ0) is 9.14. The predicted octanol–water partition coefficient (Wildman–Crippen LogP) is 0.903. The molecule has 1 saturated heterocycles. The van der Waals surface area contributed by atoms with Crippen molar-refractivity contribution in [3.8, 4) is 0 Å². The van der Waals surface area contributed by atoms with Gasteiger partial charge in [0.15, 0.2) is 0 Å². The highest BCUT2D eigenvalue weighted by molar-refractivity contribution is 6.23. The van der Waals surface area contributed by atoms with E-state index in [9.17, 15) is 9.59 Å². The van der Waals surface area contributed by atoms with Crippen LogP contribution in [0, 0.1) is 0 Å². The van der Waals surface area contributed by atoms with Gasteiger partial charge in [-0.05, 0) is 6.42 Å². The molecule has 0 aromatic heterocycles. The molecule has 1 aliphatic heterocycles. The van der Waals surface area contributed by atoms with E-state index >= 15 is 0 Å². The van der Waals surface area contributed by atoms with Crippen molar-refractivity contribution in [2.24, 2.45) is 0 Å². The first kappa shape index (κ1) is 9.32. The fourth-order valence-corrected chi connectivity index (χ4v) is 1.31. The second-order valence-corrected chi connectivity index (χ2v) is 3.19. The van der Waals surface area contributed by atoms with Crippen LogP contribution in [0.1, 0.15) is 19.8 Å². The van der Waals surface area contributed by atoms with Crippen molar-refractivity contribution in [1.82, 2.24) is 10.2 Å². The Kier molecular flexibility index (Phi) is 2.92. The Morgan fingerprint density at radius 2 is 2.33 bits per heavy atom. The summed E-state index contributed by atoms with van der Waals surface area (Å²) in [4.78, 5) is 23.5. The van der Waals surface area contributed by atoms with Gasteiger partial charge in [0.2, 0.25) is 5.91 Å². The van der Waals surface area contributed by atoms with Gasteiger partial charge in [0.1, 0.15) is 5.50 Å². The van der Waals surface area contributed by atoms with Crippen LogP contribution in [0.4, 0.5) is 4.79 Å². The zero-order valence-electron chi connectivity index (χ0n) is 6.84. The number of hydrogen-bond acceptors (Lipinski definition) is 2. The van der Waals surface area contributed by atoms with Crippen molar-refractivity contribution in [3.05, 3.63) is 0 Å². The Hall–Kier alpha value is -0.770. The van der Waals surface area contributed by atoms with E-state index in [4.69, 9.17) is 11.6 Å². The Bertz CT molecular complexity index is 190. The lowest BCUT2D eigenvalue weighted by Gasteiger charge is -2.27. The van der Waals surface area contributed by atoms with Crippen LogP contribution in [0.3, 0.4) is 0 Å². The number of nitrogens with one attached hydrogen (secondary N) is 1. The molecule has 1 atom stereocenters. The molecule has 5 heteroatoms. The SMILES string of the molecule is CCCN1C(=O)CC(Cl)NC1=O. The first-order valence-corrected chi connectivity index (χ1v) is 4.33. The number of hydrogen-bond donors (Lipinski definition) is 1. The first-order valence-electron chi connectivity index (χ1n) is 3.90. The minimum Gasteiger partial charge on any atom is -0.321 e. The summed E-state index contributed by atoms with van der Waals surface area (Å²) < 4.78 is 0. The largest absolute Gasteiger partial charge is 0.325 e. The number of urea groups is 1. The Morgan fingerprint density at radius 1 is 1.67 bits per heavy atom. The van der Waals surface area contributed by atoms with Crippen LogP contribution in [0.2, 0.25) is 0 Å². The van der Waals surface area contributed by atoms with E-state index < -0.39 is 5.50 Å². The topological polar surface area (TPSA) is 49.4 Å². The van der Waals surface area contributed by atoms with Crippen molar-refractivity contribution >= 4 is 23.5 Å². The fourth-order valence-electron chi connectivity index (χ4n) is 1.09. The van der Waals surface area contributed by atoms with Gasteiger partial charge in [0.25, 0.3) is 0 Å². The molecule has 12 heavy (non-hydrogen) atoms. The van der Waals surface area contributed by atoms with Gasteiger partial charge in [-0.15, -0.1) is 0 Å². The van der Waals surface area contributed by atoms with E-state index in [1.165, 1.54) is 4.90 Å². The molecule has 0 aromatic rings. The molecule has 0 bridgehead atoms. The zero-order valence-corrected chi connectivity index (χ0v) is 7.60. The lowest BCUT2D eigenvalue weighted by atomic mass is 10.3. The normalized spacial score (nSPS) is 24.2. The molecule has 1 unspecified atom stereocenters. The number of rotatable bonds is 2. The van der Waals surface area contributed by atoms with Gasteiger partial charge in [-0.25, -0.2) is 4.79 Å². The van der Waals surface area contributed by atoms with Gasteiger partial charge in [-0.1, -0.05) is 18.5 Å². The lowest BCUT2D eigenvalue weighted by Crippen LogP contribution is -2.53. The van der Waals surface area contributed by atoms with Crippen LogP contribution >= 0.6 is 11.6 Å². The summed E-state index contributed by atoms with van der Waals surface area (Å²) in [6.07, 6.45) is 0.958. The molecule has 1 aliphatic rings. The Labute approximate surface area is 75.9 Å². The Morgan fingerprint density at radius 3 is 2.83 bits per heavy atom. The summed E-state index contributed by atoms with van der Waals surface area (Å²) >= 11 is 5.59. The number of alkyl halides is 1. The summed E-state index contributed by atoms with van der Waals surface area (Å²) in [6, 6.07) is -0.381. The average molecular weight is 191 g/mol. The smallest absolute Gasteiger partial charge is 0.321 e. The molecule has 3 amide bonds. The quantitative estimate of drug-likeness (QED) is 0.520. The molecule has 0 aliphatic carbocycles. The van der Waals surface area contributed by atoms with Crippen LogP contribution in [0.5, 0.6) is 0 Å². The van der Waals surface area contributed by atoms with Crippen LogP contribution < -0.4 is 5.32 Å². The molecule has 0 spiro atoms. The first-order chi connectivity index (χ1) is 5.65. The molecule has 1 heterocycles. The maximum Gasteiger partial charge on any atom is 0.325 e. The van der Waals surface area contributed by atoms with E-state index in [0.717, 1.165) is 6.42 Å². The van der Waals surface area contributed by atoms with Gasteiger partial charge in [-0.2, -0.15) is 0 Å². The summed E-state index contributed by atoms with van der Waals surface area (Å²) in [5.41, 5.74) is -0.543. The molecule has 0 radical (unpaired) electrons. The number of halogens is 1. The third-order valence-electron chi connectivity index (χ3n) is 1.63. The van der Waals surface area contributed by atoms with Gasteiger partial charge >= 0.3 is 6.03 Å². The van der Waals surface area contributed by atoms with Crippen molar-refractivity contribution in [2.75, 3.05) is 6.54 Å². The second-order valence-electron chi connectivity index (χ2n) is 2.67. The van der Waals surface area contributed by atoms with Gasteiger partial charge < -0.3 is 5.32 Å². The highest BCUT2D eigenvalue weighted by Gasteiger charge is 2.29. The maximum absolute atomic E-state index is 11.2. The molecule has 4 nitrogen and oxygen atoms in total. The number of imide groups is 1. The van der Waals surface area contributed by atoms with Crippen LogP contribution in [-0.4, -0.2) is 28.9 Å². The lowest BCUT2D eigenvalue weighted by molar-refractivity contribution is -0.129. The standard InChI is InChI=1S/C7H11ClN2O2/c1-2-3-10-6(11)4-5(8)9-7(10)12/h5H,2-4H2,1H3,(H,9,12). The molecule has 1 rings (SSSR count). The van der Waals surface area contributed by atoms with Crippen molar-refractivity contribution in [3.63, 3.8) is 0 Å². The fraction of sp³-hybridized carbons (Fsp3) is 0.714. The van der Waals surface area contributed by atoms with E-state index in [0.29, 0.717) is 6.54 Å². The van der Waals surface area contributed by atoms with Crippen LogP contribution in [0.25, 0.3) is 0 Å². The highest BCUT2D eigenvalue weighted by atomic mass is 35.5. The number of nitrogens with zero attached hydrogens (tertiary/aromatic N) is 1. The van der Waals surface area contributed by atoms with E-state index in [1.54, 1.807) is 0 Å². The number of amides is 3. The molecule has 1 fully saturated rings. The van der Waals surface area contributed by atoms with Crippen molar-refractivity contribution < 1.29 is 9.59 Å². The van der Waals surface area contributed by atoms with Crippen molar-refractivity contribution in [1.29, 1.82) is 0 Å². The Balaban J connectivity index is 2.61. The van der Waals surface area contributed by atoms with Gasteiger partial charge in [-0.3, -0.25) is 9.69 Å². The predicted molar refractivity (Wildman–Crippen MR) is 44.8 cm³/mol.